The Hall–Kier alpha value is -5.20. The highest BCUT2D eigenvalue weighted by Crippen LogP contribution is 2.44. The number of halogens is 3. The van der Waals surface area contributed by atoms with E-state index in [1.165, 1.54) is 34.9 Å². The normalized spacial score (nSPS) is 14.5. The van der Waals surface area contributed by atoms with E-state index in [4.69, 9.17) is 21.1 Å². The number of carbonyl (C=O) groups excluding carboxylic acids is 2. The zero-order chi connectivity index (χ0) is 33.6. The van der Waals surface area contributed by atoms with Gasteiger partial charge in [0.25, 0.3) is 5.91 Å². The summed E-state index contributed by atoms with van der Waals surface area (Å²) in [5, 5.41) is 14.6. The summed E-state index contributed by atoms with van der Waals surface area (Å²) < 4.78 is 42.0. The van der Waals surface area contributed by atoms with Crippen molar-refractivity contribution < 1.29 is 27.8 Å². The van der Waals surface area contributed by atoms with Crippen molar-refractivity contribution in [3.05, 3.63) is 107 Å². The average Bonchev–Trinajstić information content (AvgIpc) is 3.63. The zero-order valence-electron chi connectivity index (χ0n) is 25.9. The van der Waals surface area contributed by atoms with Crippen molar-refractivity contribution >= 4 is 29.3 Å². The van der Waals surface area contributed by atoms with E-state index in [1.807, 2.05) is 48.5 Å². The molecule has 2 aliphatic rings. The fraction of sp³-hybridized carbons (Fsp3) is 0.229. The van der Waals surface area contributed by atoms with Gasteiger partial charge < -0.3 is 19.7 Å². The number of ether oxygens (including phenoxy) is 2. The van der Waals surface area contributed by atoms with Crippen LogP contribution in [0, 0.1) is 11.6 Å². The molecule has 0 radical (unpaired) electrons. The highest BCUT2D eigenvalue weighted by Gasteiger charge is 2.50. The fourth-order valence-corrected chi connectivity index (χ4v) is 6.58. The molecule has 0 spiro atoms. The van der Waals surface area contributed by atoms with Crippen LogP contribution in [0.3, 0.4) is 0 Å². The quantitative estimate of drug-likeness (QED) is 0.211. The third-order valence-corrected chi connectivity index (χ3v) is 8.91. The van der Waals surface area contributed by atoms with Crippen molar-refractivity contribution in [2.75, 3.05) is 31.3 Å². The van der Waals surface area contributed by atoms with E-state index in [-0.39, 0.29) is 65.5 Å². The molecule has 0 atom stereocenters. The second kappa shape index (κ2) is 12.4. The maximum absolute atomic E-state index is 15.9. The number of carbonyl (C=O) groups is 2. The third kappa shape index (κ3) is 5.46. The van der Waals surface area contributed by atoms with Gasteiger partial charge in [0.2, 0.25) is 5.82 Å². The van der Waals surface area contributed by atoms with Crippen LogP contribution in [0.5, 0.6) is 0 Å². The largest absolute Gasteiger partial charge is 0.449 e. The number of nitrogens with zero attached hydrogens (tertiary/aromatic N) is 5. The number of alkyl carbamates (subject to hydrolysis) is 1. The fourth-order valence-electron chi connectivity index (χ4n) is 6.37. The molecule has 48 heavy (non-hydrogen) atoms. The number of nitrogens with one attached hydrogen (secondary N) is 1. The highest BCUT2D eigenvalue weighted by molar-refractivity contribution is 6.31. The predicted octanol–water partition coefficient (Wildman–Crippen LogP) is 6.14. The van der Waals surface area contributed by atoms with Crippen LogP contribution in [0.1, 0.15) is 24.0 Å². The van der Waals surface area contributed by atoms with Gasteiger partial charge >= 0.3 is 6.09 Å². The number of likely N-dealkylation sites (N-methyl/N-ethyl adjacent to an activating group) is 1. The van der Waals surface area contributed by atoms with Gasteiger partial charge in [0.05, 0.1) is 31.5 Å². The molecule has 1 aliphatic heterocycles. The number of anilines is 1. The molecule has 7 rings (SSSR count). The predicted molar refractivity (Wildman–Crippen MR) is 174 cm³/mol. The molecule has 244 valence electrons. The minimum absolute atomic E-state index is 0.000867. The molecule has 0 saturated carbocycles. The number of aromatic nitrogens is 4. The first-order chi connectivity index (χ1) is 23.2. The number of hydrogen-bond acceptors (Lipinski definition) is 7. The Kier molecular flexibility index (Phi) is 8.14. The lowest BCUT2D eigenvalue weighted by Gasteiger charge is -2.42. The van der Waals surface area contributed by atoms with Crippen LogP contribution >= 0.6 is 11.6 Å². The van der Waals surface area contributed by atoms with E-state index in [0.717, 1.165) is 28.3 Å². The Labute approximate surface area is 279 Å². The summed E-state index contributed by atoms with van der Waals surface area (Å²) in [6.45, 7) is 1.62. The molecule has 2 heterocycles. The van der Waals surface area contributed by atoms with Gasteiger partial charge in [-0.3, -0.25) is 4.79 Å². The number of tetrazole rings is 1. The minimum atomic E-state index is -1.45. The van der Waals surface area contributed by atoms with Crippen molar-refractivity contribution in [1.82, 2.24) is 25.5 Å². The van der Waals surface area contributed by atoms with E-state index < -0.39 is 29.2 Å². The van der Waals surface area contributed by atoms with Crippen LogP contribution in [0.4, 0.5) is 19.3 Å². The molecule has 1 saturated heterocycles. The number of hydrogen-bond donors (Lipinski definition) is 1. The molecule has 0 unspecified atom stereocenters. The zero-order valence-corrected chi connectivity index (χ0v) is 26.7. The highest BCUT2D eigenvalue weighted by atomic mass is 35.5. The lowest BCUT2D eigenvalue weighted by molar-refractivity contribution is -0.144. The Morgan fingerprint density at radius 2 is 1.69 bits per heavy atom. The van der Waals surface area contributed by atoms with Gasteiger partial charge in [-0.25, -0.2) is 13.6 Å². The van der Waals surface area contributed by atoms with Gasteiger partial charge in [-0.1, -0.05) is 66.2 Å². The average molecular weight is 671 g/mol. The van der Waals surface area contributed by atoms with Crippen LogP contribution in [-0.4, -0.2) is 64.1 Å². The molecule has 4 aromatic carbocycles. The summed E-state index contributed by atoms with van der Waals surface area (Å²) in [5.41, 5.74) is 3.33. The number of benzene rings is 4. The van der Waals surface area contributed by atoms with Crippen LogP contribution in [0.25, 0.3) is 33.6 Å². The van der Waals surface area contributed by atoms with E-state index >= 15 is 8.78 Å². The lowest BCUT2D eigenvalue weighted by atomic mass is 9.94. The summed E-state index contributed by atoms with van der Waals surface area (Å²) in [7, 11) is 1.54. The monoisotopic (exact) mass is 670 g/mol. The summed E-state index contributed by atoms with van der Waals surface area (Å²) in [5.74, 6) is -2.17. The number of fused-ring (bicyclic) bond motifs is 3. The summed E-state index contributed by atoms with van der Waals surface area (Å²) in [6, 6.07) is 22.7. The maximum atomic E-state index is 15.9. The van der Waals surface area contributed by atoms with E-state index in [0.29, 0.717) is 0 Å². The molecular weight excluding hydrogens is 642 g/mol. The molecule has 1 fully saturated rings. The molecular formula is C35H29ClF2N6O4. The van der Waals surface area contributed by atoms with Crippen LogP contribution in [-0.2, 0) is 21.3 Å². The van der Waals surface area contributed by atoms with Crippen molar-refractivity contribution in [2.24, 2.45) is 7.05 Å². The summed E-state index contributed by atoms with van der Waals surface area (Å²) >= 11 is 6.16. The molecule has 1 N–H and O–H groups in total. The summed E-state index contributed by atoms with van der Waals surface area (Å²) in [6.07, 6.45) is -0.784. The first kappa shape index (κ1) is 31.4. The van der Waals surface area contributed by atoms with Crippen LogP contribution in [0.15, 0.2) is 78.9 Å². The molecule has 10 nitrogen and oxygen atoms in total. The Morgan fingerprint density at radius 3 is 2.27 bits per heavy atom. The number of amides is 2. The first-order valence-corrected chi connectivity index (χ1v) is 15.6. The third-order valence-electron chi connectivity index (χ3n) is 8.69. The SMILES string of the molecule is CCN(C(=O)C1(NC(=O)OCC2c3ccccc3-c3ccccc32)COC1)c1ccc(-c2cc(Cl)cc(F)c2-c2nnn(C)n2)cc1F. The van der Waals surface area contributed by atoms with Gasteiger partial charge in [-0.05, 0) is 69.8 Å². The molecule has 2 amide bonds. The molecule has 1 aromatic heterocycles. The van der Waals surface area contributed by atoms with E-state index in [2.05, 4.69) is 20.7 Å². The van der Waals surface area contributed by atoms with Crippen molar-refractivity contribution in [2.45, 2.75) is 18.4 Å². The molecule has 0 bridgehead atoms. The second-order valence-corrected chi connectivity index (χ2v) is 12.1. The second-order valence-electron chi connectivity index (χ2n) is 11.7. The molecule has 5 aromatic rings. The molecule has 1 aliphatic carbocycles. The van der Waals surface area contributed by atoms with Gasteiger partial charge in [0.1, 0.15) is 18.2 Å². The maximum Gasteiger partial charge on any atom is 0.408 e. The minimum Gasteiger partial charge on any atom is -0.449 e. The topological polar surface area (TPSA) is 111 Å². The number of rotatable bonds is 8. The van der Waals surface area contributed by atoms with Gasteiger partial charge in [-0.2, -0.15) is 4.80 Å². The van der Waals surface area contributed by atoms with Gasteiger partial charge in [-0.15, -0.1) is 10.2 Å². The summed E-state index contributed by atoms with van der Waals surface area (Å²) in [4.78, 5) is 29.5. The first-order valence-electron chi connectivity index (χ1n) is 15.3. The van der Waals surface area contributed by atoms with Crippen molar-refractivity contribution in [1.29, 1.82) is 0 Å². The Balaban J connectivity index is 1.10. The lowest BCUT2D eigenvalue weighted by Crippen LogP contribution is -2.70. The van der Waals surface area contributed by atoms with E-state index in [9.17, 15) is 9.59 Å². The Bertz CT molecular complexity index is 2020. The smallest absolute Gasteiger partial charge is 0.408 e. The van der Waals surface area contributed by atoms with Crippen LogP contribution < -0.4 is 10.2 Å². The standard InChI is InChI=1S/C35H29ClF2N6O4/c1-3-44(30-13-12-20(14-28(30)37)26-15-21(36)16-29(38)31(26)32-40-42-43(2)41-32)33(45)35(18-47-19-35)39-34(46)48-17-27-24-10-6-4-8-22(24)23-9-5-7-11-25(23)27/h4-16,27H,3,17-19H2,1-2H3,(H,39,46). The van der Waals surface area contributed by atoms with Crippen molar-refractivity contribution in [3.63, 3.8) is 0 Å². The van der Waals surface area contributed by atoms with Gasteiger partial charge in [0, 0.05) is 17.5 Å². The molecule has 13 heteroatoms. The van der Waals surface area contributed by atoms with Crippen molar-refractivity contribution in [3.8, 4) is 33.6 Å². The number of aryl methyl sites for hydroxylation is 1. The van der Waals surface area contributed by atoms with Gasteiger partial charge in [0.15, 0.2) is 5.54 Å². The van der Waals surface area contributed by atoms with Crippen LogP contribution in [0.2, 0.25) is 5.02 Å². The Morgan fingerprint density at radius 1 is 1.00 bits per heavy atom. The van der Waals surface area contributed by atoms with E-state index in [1.54, 1.807) is 13.0 Å².